The van der Waals surface area contributed by atoms with Crippen molar-refractivity contribution in [3.8, 4) is 0 Å². The molecule has 0 aliphatic heterocycles. The Kier molecular flexibility index (Phi) is 10.7. The van der Waals surface area contributed by atoms with Gasteiger partial charge in [-0.3, -0.25) is 13.9 Å². The van der Waals surface area contributed by atoms with Gasteiger partial charge in [0, 0.05) is 12.6 Å². The van der Waals surface area contributed by atoms with Crippen molar-refractivity contribution in [2.24, 2.45) is 0 Å². The summed E-state index contributed by atoms with van der Waals surface area (Å²) in [5.74, 6) is -0.668. The van der Waals surface area contributed by atoms with Crippen molar-refractivity contribution >= 4 is 27.5 Å². The molecule has 0 radical (unpaired) electrons. The van der Waals surface area contributed by atoms with Crippen molar-refractivity contribution in [2.75, 3.05) is 17.4 Å². The minimum Gasteiger partial charge on any atom is -0.352 e. The lowest BCUT2D eigenvalue weighted by Gasteiger charge is -2.33. The van der Waals surface area contributed by atoms with E-state index >= 15 is 0 Å². The van der Waals surface area contributed by atoms with Crippen molar-refractivity contribution in [1.29, 1.82) is 0 Å². The standard InChI is InChI=1S/C31H39N3O4S/c1-5-25(4)32-31(36)29(6-2)33(22-21-26-13-9-7-10-14-26)30(35)23-34(27-19-17-24(3)18-20-27)39(37,38)28-15-11-8-12-16-28/h7-20,25,29H,5-6,21-23H2,1-4H3,(H,32,36)/t25-,29+/m1/s1. The molecule has 8 heteroatoms. The van der Waals surface area contributed by atoms with Crippen LogP contribution in [0.2, 0.25) is 0 Å². The highest BCUT2D eigenvalue weighted by molar-refractivity contribution is 7.92. The van der Waals surface area contributed by atoms with Crippen molar-refractivity contribution in [3.05, 3.63) is 96.1 Å². The minimum absolute atomic E-state index is 0.0415. The maximum Gasteiger partial charge on any atom is 0.264 e. The summed E-state index contributed by atoms with van der Waals surface area (Å²) in [4.78, 5) is 28.9. The highest BCUT2D eigenvalue weighted by Gasteiger charge is 2.33. The Balaban J connectivity index is 1.99. The molecular weight excluding hydrogens is 510 g/mol. The zero-order chi connectivity index (χ0) is 28.4. The van der Waals surface area contributed by atoms with E-state index in [1.54, 1.807) is 30.3 Å². The minimum atomic E-state index is -4.05. The van der Waals surface area contributed by atoms with Gasteiger partial charge in [0.2, 0.25) is 11.8 Å². The number of carbonyl (C=O) groups is 2. The molecule has 0 saturated carbocycles. The van der Waals surface area contributed by atoms with E-state index in [2.05, 4.69) is 5.32 Å². The van der Waals surface area contributed by atoms with E-state index in [4.69, 9.17) is 0 Å². The molecule has 0 spiro atoms. The first-order valence-electron chi connectivity index (χ1n) is 13.5. The van der Waals surface area contributed by atoms with Crippen LogP contribution in [0, 0.1) is 6.92 Å². The SMILES string of the molecule is CC[C@@H](C)NC(=O)[C@H](CC)N(CCc1ccccc1)C(=O)CN(c1ccc(C)cc1)S(=O)(=O)c1ccccc1. The van der Waals surface area contributed by atoms with E-state index in [0.29, 0.717) is 18.5 Å². The van der Waals surface area contributed by atoms with Gasteiger partial charge in [-0.05, 0) is 62.9 Å². The molecule has 0 fully saturated rings. The maximum atomic E-state index is 14.0. The Morgan fingerprint density at radius 1 is 0.846 bits per heavy atom. The molecule has 3 aromatic rings. The topological polar surface area (TPSA) is 86.8 Å². The Bertz CT molecular complexity index is 1310. The average molecular weight is 550 g/mol. The van der Waals surface area contributed by atoms with Gasteiger partial charge in [0.25, 0.3) is 10.0 Å². The summed E-state index contributed by atoms with van der Waals surface area (Å²) in [5, 5.41) is 3.00. The number of amides is 2. The van der Waals surface area contributed by atoms with E-state index in [1.165, 1.54) is 17.0 Å². The Morgan fingerprint density at radius 3 is 2.00 bits per heavy atom. The van der Waals surface area contributed by atoms with Crippen LogP contribution in [0.3, 0.4) is 0 Å². The molecule has 0 aliphatic rings. The third kappa shape index (κ3) is 7.93. The molecule has 3 aromatic carbocycles. The highest BCUT2D eigenvalue weighted by atomic mass is 32.2. The van der Waals surface area contributed by atoms with Gasteiger partial charge in [-0.2, -0.15) is 0 Å². The number of nitrogens with one attached hydrogen (secondary N) is 1. The van der Waals surface area contributed by atoms with Crippen LogP contribution in [0.4, 0.5) is 5.69 Å². The monoisotopic (exact) mass is 549 g/mol. The smallest absolute Gasteiger partial charge is 0.264 e. The molecule has 7 nitrogen and oxygen atoms in total. The first kappa shape index (κ1) is 29.9. The molecule has 2 atom stereocenters. The number of hydrogen-bond acceptors (Lipinski definition) is 4. The molecular formula is C31H39N3O4S. The normalized spacial score (nSPS) is 12.8. The van der Waals surface area contributed by atoms with Crippen LogP contribution in [0.15, 0.2) is 89.8 Å². The van der Waals surface area contributed by atoms with Gasteiger partial charge in [-0.1, -0.05) is 80.1 Å². The molecule has 0 saturated heterocycles. The quantitative estimate of drug-likeness (QED) is 0.327. The lowest BCUT2D eigenvalue weighted by molar-refractivity contribution is -0.139. The van der Waals surface area contributed by atoms with E-state index in [0.717, 1.165) is 21.9 Å². The van der Waals surface area contributed by atoms with Crippen LogP contribution in [0.1, 0.15) is 44.7 Å². The van der Waals surface area contributed by atoms with Crippen molar-refractivity contribution < 1.29 is 18.0 Å². The number of nitrogens with zero attached hydrogens (tertiary/aromatic N) is 2. The van der Waals surface area contributed by atoms with E-state index < -0.39 is 28.5 Å². The maximum absolute atomic E-state index is 14.0. The van der Waals surface area contributed by atoms with Gasteiger partial charge < -0.3 is 10.2 Å². The van der Waals surface area contributed by atoms with Crippen LogP contribution in [0.5, 0.6) is 0 Å². The molecule has 2 amide bonds. The van der Waals surface area contributed by atoms with Gasteiger partial charge in [-0.15, -0.1) is 0 Å². The van der Waals surface area contributed by atoms with Crippen LogP contribution >= 0.6 is 0 Å². The van der Waals surface area contributed by atoms with Gasteiger partial charge in [0.1, 0.15) is 12.6 Å². The number of aryl methyl sites for hydroxylation is 1. The number of sulfonamides is 1. The van der Waals surface area contributed by atoms with Crippen molar-refractivity contribution in [2.45, 2.75) is 63.9 Å². The number of benzene rings is 3. The van der Waals surface area contributed by atoms with Crippen molar-refractivity contribution in [1.82, 2.24) is 10.2 Å². The number of hydrogen-bond donors (Lipinski definition) is 1. The summed E-state index contributed by atoms with van der Waals surface area (Å²) in [6.45, 7) is 7.54. The van der Waals surface area contributed by atoms with Crippen LogP contribution in [-0.4, -0.2) is 50.3 Å². The molecule has 0 aliphatic carbocycles. The Hall–Kier alpha value is -3.65. The van der Waals surface area contributed by atoms with E-state index in [-0.39, 0.29) is 23.4 Å². The molecule has 39 heavy (non-hydrogen) atoms. The second-order valence-electron chi connectivity index (χ2n) is 9.72. The predicted octanol–water partition coefficient (Wildman–Crippen LogP) is 4.95. The lowest BCUT2D eigenvalue weighted by atomic mass is 10.1. The van der Waals surface area contributed by atoms with Crippen molar-refractivity contribution in [3.63, 3.8) is 0 Å². The summed E-state index contributed by atoms with van der Waals surface area (Å²) >= 11 is 0. The summed E-state index contributed by atoms with van der Waals surface area (Å²) < 4.78 is 28.7. The molecule has 0 unspecified atom stereocenters. The van der Waals surface area contributed by atoms with Gasteiger partial charge >= 0.3 is 0 Å². The largest absolute Gasteiger partial charge is 0.352 e. The molecule has 3 rings (SSSR count). The number of rotatable bonds is 13. The average Bonchev–Trinajstić information content (AvgIpc) is 2.95. The lowest BCUT2D eigenvalue weighted by Crippen LogP contribution is -2.54. The number of carbonyl (C=O) groups excluding carboxylic acids is 2. The van der Waals surface area contributed by atoms with Crippen LogP contribution in [0.25, 0.3) is 0 Å². The molecule has 0 bridgehead atoms. The second kappa shape index (κ2) is 13.9. The third-order valence-corrected chi connectivity index (χ3v) is 8.59. The molecule has 1 N–H and O–H groups in total. The first-order valence-corrected chi connectivity index (χ1v) is 14.9. The van der Waals surface area contributed by atoms with Gasteiger partial charge in [0.05, 0.1) is 10.6 Å². The molecule has 0 aromatic heterocycles. The van der Waals surface area contributed by atoms with E-state index in [9.17, 15) is 18.0 Å². The second-order valence-corrected chi connectivity index (χ2v) is 11.6. The summed E-state index contributed by atoms with van der Waals surface area (Å²) in [5.41, 5.74) is 2.39. The summed E-state index contributed by atoms with van der Waals surface area (Å²) in [7, 11) is -4.05. The highest BCUT2D eigenvalue weighted by Crippen LogP contribution is 2.25. The van der Waals surface area contributed by atoms with Gasteiger partial charge in [0.15, 0.2) is 0 Å². The fraction of sp³-hybridized carbons (Fsp3) is 0.355. The zero-order valence-electron chi connectivity index (χ0n) is 23.2. The van der Waals surface area contributed by atoms with E-state index in [1.807, 2.05) is 70.2 Å². The van der Waals surface area contributed by atoms with Gasteiger partial charge in [-0.25, -0.2) is 8.42 Å². The predicted molar refractivity (Wildman–Crippen MR) is 156 cm³/mol. The third-order valence-electron chi connectivity index (χ3n) is 6.80. The van der Waals surface area contributed by atoms with Crippen LogP contribution in [-0.2, 0) is 26.0 Å². The first-order chi connectivity index (χ1) is 18.7. The Labute approximate surface area is 232 Å². The fourth-order valence-electron chi connectivity index (χ4n) is 4.30. The Morgan fingerprint density at radius 2 is 1.44 bits per heavy atom. The van der Waals surface area contributed by atoms with Crippen LogP contribution < -0.4 is 9.62 Å². The molecule has 0 heterocycles. The fourth-order valence-corrected chi connectivity index (χ4v) is 5.73. The number of anilines is 1. The zero-order valence-corrected chi connectivity index (χ0v) is 24.0. The molecule has 208 valence electrons. The summed E-state index contributed by atoms with van der Waals surface area (Å²) in [6, 6.07) is 24.1. The summed E-state index contributed by atoms with van der Waals surface area (Å²) in [6.07, 6.45) is 1.70.